The maximum atomic E-state index is 13.5. The molecule has 0 saturated carbocycles. The highest BCUT2D eigenvalue weighted by molar-refractivity contribution is 6.03. The number of halogens is 1. The smallest absolute Gasteiger partial charge is 0.259 e. The number of carbonyl (C=O) groups is 1. The van der Waals surface area contributed by atoms with Crippen LogP contribution in [0.5, 0.6) is 0 Å². The van der Waals surface area contributed by atoms with Crippen molar-refractivity contribution >= 4 is 11.7 Å². The minimum absolute atomic E-state index is 0.0345. The molecule has 0 atom stereocenters. The molecule has 0 aliphatic carbocycles. The van der Waals surface area contributed by atoms with Gasteiger partial charge in [-0.05, 0) is 24.3 Å². The predicted molar refractivity (Wildman–Crippen MR) is 74.5 cm³/mol. The van der Waals surface area contributed by atoms with Crippen LogP contribution < -0.4 is 11.1 Å². The topological polar surface area (TPSA) is 68.0 Å². The van der Waals surface area contributed by atoms with Gasteiger partial charge in [0, 0.05) is 11.8 Å². The molecule has 1 heterocycles. The zero-order valence-electron chi connectivity index (χ0n) is 10.6. The van der Waals surface area contributed by atoms with Crippen molar-refractivity contribution in [3.8, 4) is 11.8 Å². The van der Waals surface area contributed by atoms with Crippen molar-refractivity contribution in [3.63, 3.8) is 0 Å². The number of amides is 1. The SMILES string of the molecule is NCC#Cc1ccnc(NC(=O)c2ccccc2F)c1. The zero-order valence-corrected chi connectivity index (χ0v) is 10.6. The molecular formula is C15H12FN3O. The number of hydrogen-bond acceptors (Lipinski definition) is 3. The van der Waals surface area contributed by atoms with Gasteiger partial charge in [-0.2, -0.15) is 0 Å². The lowest BCUT2D eigenvalue weighted by Gasteiger charge is -2.05. The van der Waals surface area contributed by atoms with E-state index in [1.165, 1.54) is 24.4 Å². The molecule has 0 aliphatic rings. The van der Waals surface area contributed by atoms with Crippen LogP contribution in [0.1, 0.15) is 15.9 Å². The van der Waals surface area contributed by atoms with Crippen molar-refractivity contribution in [3.05, 3.63) is 59.5 Å². The van der Waals surface area contributed by atoms with Gasteiger partial charge in [-0.1, -0.05) is 24.0 Å². The van der Waals surface area contributed by atoms with E-state index in [9.17, 15) is 9.18 Å². The van der Waals surface area contributed by atoms with Crippen LogP contribution in [0.2, 0.25) is 0 Å². The van der Waals surface area contributed by atoms with Crippen LogP contribution in [0.3, 0.4) is 0 Å². The standard InChI is InChI=1S/C15H12FN3O/c16-13-6-2-1-5-12(13)15(20)19-14-10-11(4-3-8-17)7-9-18-14/h1-2,5-7,9-10H,8,17H2,(H,18,19,20). The largest absolute Gasteiger partial charge is 0.320 e. The van der Waals surface area contributed by atoms with Gasteiger partial charge in [-0.15, -0.1) is 0 Å². The monoisotopic (exact) mass is 269 g/mol. The van der Waals surface area contributed by atoms with E-state index in [4.69, 9.17) is 5.73 Å². The molecule has 20 heavy (non-hydrogen) atoms. The van der Waals surface area contributed by atoms with Gasteiger partial charge in [0.05, 0.1) is 12.1 Å². The molecule has 0 unspecified atom stereocenters. The quantitative estimate of drug-likeness (QED) is 0.817. The summed E-state index contributed by atoms with van der Waals surface area (Å²) in [5, 5.41) is 2.53. The summed E-state index contributed by atoms with van der Waals surface area (Å²) in [6, 6.07) is 9.04. The lowest BCUT2D eigenvalue weighted by Crippen LogP contribution is -2.14. The van der Waals surface area contributed by atoms with Gasteiger partial charge in [-0.25, -0.2) is 9.37 Å². The van der Waals surface area contributed by atoms with Crippen LogP contribution >= 0.6 is 0 Å². The second kappa shape index (κ2) is 6.45. The highest BCUT2D eigenvalue weighted by atomic mass is 19.1. The lowest BCUT2D eigenvalue weighted by atomic mass is 10.2. The molecule has 2 rings (SSSR count). The molecule has 0 spiro atoms. The fourth-order valence-corrected chi connectivity index (χ4v) is 1.56. The van der Waals surface area contributed by atoms with Gasteiger partial charge in [0.25, 0.3) is 5.91 Å². The van der Waals surface area contributed by atoms with Gasteiger partial charge < -0.3 is 11.1 Å². The average molecular weight is 269 g/mol. The van der Waals surface area contributed by atoms with Crippen LogP contribution in [0, 0.1) is 17.7 Å². The van der Waals surface area contributed by atoms with Crippen LogP contribution in [-0.4, -0.2) is 17.4 Å². The third-order valence-corrected chi connectivity index (χ3v) is 2.45. The number of rotatable bonds is 2. The summed E-state index contributed by atoms with van der Waals surface area (Å²) in [7, 11) is 0. The van der Waals surface area contributed by atoms with Crippen LogP contribution in [0.25, 0.3) is 0 Å². The molecule has 1 aromatic heterocycles. The molecule has 2 aromatic rings. The van der Waals surface area contributed by atoms with Gasteiger partial charge in [-0.3, -0.25) is 4.79 Å². The highest BCUT2D eigenvalue weighted by Crippen LogP contribution is 2.11. The van der Waals surface area contributed by atoms with Gasteiger partial charge in [0.2, 0.25) is 0 Å². The lowest BCUT2D eigenvalue weighted by molar-refractivity contribution is 0.102. The highest BCUT2D eigenvalue weighted by Gasteiger charge is 2.11. The van der Waals surface area contributed by atoms with Crippen LogP contribution in [0.4, 0.5) is 10.2 Å². The number of pyridine rings is 1. The molecule has 4 nitrogen and oxygen atoms in total. The Hall–Kier alpha value is -2.71. The average Bonchev–Trinajstić information content (AvgIpc) is 2.46. The number of aromatic nitrogens is 1. The second-order valence-corrected chi connectivity index (χ2v) is 3.87. The van der Waals surface area contributed by atoms with Gasteiger partial charge in [0.15, 0.2) is 0 Å². The number of carbonyl (C=O) groups excluding carboxylic acids is 1. The van der Waals surface area contributed by atoms with Crippen molar-refractivity contribution in [1.82, 2.24) is 4.98 Å². The van der Waals surface area contributed by atoms with E-state index < -0.39 is 11.7 Å². The Morgan fingerprint density at radius 2 is 2.15 bits per heavy atom. The molecule has 0 radical (unpaired) electrons. The Kier molecular flexibility index (Phi) is 4.43. The minimum atomic E-state index is -0.580. The van der Waals surface area contributed by atoms with E-state index in [0.717, 1.165) is 0 Å². The summed E-state index contributed by atoms with van der Waals surface area (Å²) in [5.41, 5.74) is 5.93. The molecule has 0 aliphatic heterocycles. The maximum Gasteiger partial charge on any atom is 0.259 e. The summed E-state index contributed by atoms with van der Waals surface area (Å²) < 4.78 is 13.5. The molecular weight excluding hydrogens is 257 g/mol. The molecule has 1 amide bonds. The fourth-order valence-electron chi connectivity index (χ4n) is 1.56. The first kappa shape index (κ1) is 13.7. The fraction of sp³-hybridized carbons (Fsp3) is 0.0667. The number of anilines is 1. The summed E-state index contributed by atoms with van der Waals surface area (Å²) in [6.07, 6.45) is 1.51. The molecule has 5 heteroatoms. The summed E-state index contributed by atoms with van der Waals surface area (Å²) in [5.74, 6) is 4.70. The molecule has 0 bridgehead atoms. The Balaban J connectivity index is 2.18. The third kappa shape index (κ3) is 3.40. The zero-order chi connectivity index (χ0) is 14.4. The Morgan fingerprint density at radius 1 is 1.35 bits per heavy atom. The number of benzene rings is 1. The van der Waals surface area contributed by atoms with E-state index in [0.29, 0.717) is 11.4 Å². The Labute approximate surface area is 115 Å². The Morgan fingerprint density at radius 3 is 2.90 bits per heavy atom. The molecule has 0 fully saturated rings. The number of hydrogen-bond donors (Lipinski definition) is 2. The molecule has 3 N–H and O–H groups in total. The predicted octanol–water partition coefficient (Wildman–Crippen LogP) is 1.78. The first-order valence-electron chi connectivity index (χ1n) is 5.91. The number of nitrogens with zero attached hydrogens (tertiary/aromatic N) is 1. The summed E-state index contributed by atoms with van der Waals surface area (Å²) >= 11 is 0. The first-order chi connectivity index (χ1) is 9.70. The van der Waals surface area contributed by atoms with Crippen molar-refractivity contribution in [2.75, 3.05) is 11.9 Å². The van der Waals surface area contributed by atoms with Crippen LogP contribution in [-0.2, 0) is 0 Å². The van der Waals surface area contributed by atoms with Gasteiger partial charge >= 0.3 is 0 Å². The Bertz CT molecular complexity index is 689. The van der Waals surface area contributed by atoms with E-state index in [1.54, 1.807) is 18.2 Å². The third-order valence-electron chi connectivity index (χ3n) is 2.45. The number of nitrogens with one attached hydrogen (secondary N) is 1. The number of nitrogens with two attached hydrogens (primary N) is 1. The van der Waals surface area contributed by atoms with E-state index in [1.807, 2.05) is 0 Å². The van der Waals surface area contributed by atoms with E-state index >= 15 is 0 Å². The molecule has 100 valence electrons. The molecule has 0 saturated heterocycles. The van der Waals surface area contributed by atoms with E-state index in [-0.39, 0.29) is 12.1 Å². The maximum absolute atomic E-state index is 13.5. The molecule has 1 aromatic carbocycles. The summed E-state index contributed by atoms with van der Waals surface area (Å²) in [4.78, 5) is 15.9. The summed E-state index contributed by atoms with van der Waals surface area (Å²) in [6.45, 7) is 0.249. The van der Waals surface area contributed by atoms with Crippen molar-refractivity contribution in [2.24, 2.45) is 5.73 Å². The first-order valence-corrected chi connectivity index (χ1v) is 5.91. The van der Waals surface area contributed by atoms with E-state index in [2.05, 4.69) is 22.1 Å². The minimum Gasteiger partial charge on any atom is -0.320 e. The van der Waals surface area contributed by atoms with Crippen molar-refractivity contribution in [1.29, 1.82) is 0 Å². The van der Waals surface area contributed by atoms with Crippen LogP contribution in [0.15, 0.2) is 42.6 Å². The second-order valence-electron chi connectivity index (χ2n) is 3.87. The van der Waals surface area contributed by atoms with Crippen molar-refractivity contribution in [2.45, 2.75) is 0 Å². The van der Waals surface area contributed by atoms with Crippen molar-refractivity contribution < 1.29 is 9.18 Å². The normalized spacial score (nSPS) is 9.50. The van der Waals surface area contributed by atoms with Gasteiger partial charge in [0.1, 0.15) is 11.6 Å².